The molecule has 17 heavy (non-hydrogen) atoms. The average Bonchev–Trinajstić information content (AvgIpc) is 2.26. The van der Waals surface area contributed by atoms with E-state index in [1.807, 2.05) is 0 Å². The fourth-order valence-electron chi connectivity index (χ4n) is 0.989. The molecule has 0 aliphatic rings. The van der Waals surface area contributed by atoms with Gasteiger partial charge in [-0.2, -0.15) is 13.2 Å². The molecule has 0 saturated carbocycles. The highest BCUT2D eigenvalue weighted by molar-refractivity contribution is 5.70. The standard InChI is InChI=1S/C10H10F3NO3/c1-2-16-9(15)6-17-8-5-3-4-7(14-8)10(11,12)13/h3-5H,2,6H2,1H3. The van der Waals surface area contributed by atoms with Crippen LogP contribution in [0.25, 0.3) is 0 Å². The molecule has 0 N–H and O–H groups in total. The number of rotatable bonds is 4. The number of carbonyl (C=O) groups is 1. The van der Waals surface area contributed by atoms with E-state index in [1.165, 1.54) is 6.07 Å². The minimum Gasteiger partial charge on any atom is -0.466 e. The highest BCUT2D eigenvalue weighted by Gasteiger charge is 2.32. The van der Waals surface area contributed by atoms with Gasteiger partial charge in [-0.25, -0.2) is 9.78 Å². The summed E-state index contributed by atoms with van der Waals surface area (Å²) in [5, 5.41) is 0. The Bertz CT molecular complexity index is 393. The van der Waals surface area contributed by atoms with Gasteiger partial charge in [-0.15, -0.1) is 0 Å². The second-order valence-corrected chi connectivity index (χ2v) is 2.95. The Hall–Kier alpha value is -1.79. The zero-order valence-electron chi connectivity index (χ0n) is 8.95. The molecule has 1 aromatic rings. The van der Waals surface area contributed by atoms with Crippen molar-refractivity contribution < 1.29 is 27.4 Å². The number of aromatic nitrogens is 1. The Morgan fingerprint density at radius 3 is 2.71 bits per heavy atom. The van der Waals surface area contributed by atoms with Crippen molar-refractivity contribution in [3.05, 3.63) is 23.9 Å². The highest BCUT2D eigenvalue weighted by atomic mass is 19.4. The van der Waals surface area contributed by atoms with Crippen molar-refractivity contribution in [1.29, 1.82) is 0 Å². The summed E-state index contributed by atoms with van der Waals surface area (Å²) in [5.74, 6) is -0.931. The molecule has 0 fully saturated rings. The molecule has 1 rings (SSSR count). The van der Waals surface area contributed by atoms with Crippen molar-refractivity contribution >= 4 is 5.97 Å². The van der Waals surface area contributed by atoms with Crippen LogP contribution in [0.5, 0.6) is 5.88 Å². The molecular formula is C10H10F3NO3. The van der Waals surface area contributed by atoms with Gasteiger partial charge in [0.15, 0.2) is 6.61 Å². The lowest BCUT2D eigenvalue weighted by molar-refractivity contribution is -0.145. The Labute approximate surface area is 95.4 Å². The van der Waals surface area contributed by atoms with Crippen LogP contribution < -0.4 is 4.74 Å². The van der Waals surface area contributed by atoms with Crippen LogP contribution in [0.15, 0.2) is 18.2 Å². The van der Waals surface area contributed by atoms with Gasteiger partial charge in [-0.3, -0.25) is 0 Å². The van der Waals surface area contributed by atoms with E-state index in [1.54, 1.807) is 6.92 Å². The second kappa shape index (κ2) is 5.51. The molecule has 0 aromatic carbocycles. The summed E-state index contributed by atoms with van der Waals surface area (Å²) in [4.78, 5) is 14.1. The lowest BCUT2D eigenvalue weighted by atomic mass is 10.3. The molecule has 1 heterocycles. The molecule has 4 nitrogen and oxygen atoms in total. The first-order chi connectivity index (χ1) is 7.93. The zero-order chi connectivity index (χ0) is 12.9. The van der Waals surface area contributed by atoms with Crippen molar-refractivity contribution in [2.75, 3.05) is 13.2 Å². The Morgan fingerprint density at radius 2 is 2.12 bits per heavy atom. The summed E-state index contributed by atoms with van der Waals surface area (Å²) in [7, 11) is 0. The van der Waals surface area contributed by atoms with Crippen LogP contribution in [0, 0.1) is 0 Å². The van der Waals surface area contributed by atoms with Gasteiger partial charge in [-0.05, 0) is 13.0 Å². The minimum atomic E-state index is -4.54. The van der Waals surface area contributed by atoms with Crippen LogP contribution in [0.2, 0.25) is 0 Å². The summed E-state index contributed by atoms with van der Waals surface area (Å²) in [6.07, 6.45) is -4.54. The van der Waals surface area contributed by atoms with E-state index in [-0.39, 0.29) is 12.5 Å². The van der Waals surface area contributed by atoms with E-state index in [4.69, 9.17) is 4.74 Å². The summed E-state index contributed by atoms with van der Waals surface area (Å²) in [6.45, 7) is 1.32. The van der Waals surface area contributed by atoms with Crippen molar-refractivity contribution in [3.63, 3.8) is 0 Å². The molecule has 0 radical (unpaired) electrons. The van der Waals surface area contributed by atoms with Gasteiger partial charge in [0.1, 0.15) is 5.69 Å². The molecule has 0 bridgehead atoms. The van der Waals surface area contributed by atoms with Crippen molar-refractivity contribution in [3.8, 4) is 5.88 Å². The van der Waals surface area contributed by atoms with E-state index in [0.717, 1.165) is 12.1 Å². The van der Waals surface area contributed by atoms with Crippen LogP contribution in [0.1, 0.15) is 12.6 Å². The van der Waals surface area contributed by atoms with Gasteiger partial charge in [0, 0.05) is 6.07 Å². The molecule has 0 spiro atoms. The summed E-state index contributed by atoms with van der Waals surface area (Å²) < 4.78 is 46.2. The van der Waals surface area contributed by atoms with Crippen LogP contribution in [0.3, 0.4) is 0 Å². The van der Waals surface area contributed by atoms with Crippen molar-refractivity contribution in [2.24, 2.45) is 0 Å². The Kier molecular flexibility index (Phi) is 4.30. The van der Waals surface area contributed by atoms with Gasteiger partial charge in [-0.1, -0.05) is 6.07 Å². The minimum absolute atomic E-state index is 0.179. The number of halogens is 3. The van der Waals surface area contributed by atoms with Gasteiger partial charge >= 0.3 is 12.1 Å². The lowest BCUT2D eigenvalue weighted by Gasteiger charge is -2.08. The van der Waals surface area contributed by atoms with E-state index >= 15 is 0 Å². The normalized spacial score (nSPS) is 11.1. The summed E-state index contributed by atoms with van der Waals surface area (Å²) in [6, 6.07) is 3.20. The SMILES string of the molecule is CCOC(=O)COc1cccc(C(F)(F)F)n1. The number of esters is 1. The van der Waals surface area contributed by atoms with Gasteiger partial charge in [0.05, 0.1) is 6.61 Å². The molecule has 0 saturated heterocycles. The van der Waals surface area contributed by atoms with Gasteiger partial charge in [0.2, 0.25) is 5.88 Å². The molecule has 0 atom stereocenters. The first-order valence-electron chi connectivity index (χ1n) is 4.76. The molecule has 0 aliphatic heterocycles. The maximum Gasteiger partial charge on any atom is 0.433 e. The first-order valence-corrected chi connectivity index (χ1v) is 4.76. The van der Waals surface area contributed by atoms with E-state index < -0.39 is 24.4 Å². The van der Waals surface area contributed by atoms with Crippen molar-refractivity contribution in [1.82, 2.24) is 4.98 Å². The smallest absolute Gasteiger partial charge is 0.433 e. The number of alkyl halides is 3. The fraction of sp³-hybridized carbons (Fsp3) is 0.400. The molecular weight excluding hydrogens is 239 g/mol. The quantitative estimate of drug-likeness (QED) is 0.766. The highest BCUT2D eigenvalue weighted by Crippen LogP contribution is 2.28. The van der Waals surface area contributed by atoms with Crippen LogP contribution >= 0.6 is 0 Å². The number of hydrogen-bond acceptors (Lipinski definition) is 4. The maximum absolute atomic E-state index is 12.3. The summed E-state index contributed by atoms with van der Waals surface area (Å²) >= 11 is 0. The molecule has 0 aliphatic carbocycles. The third-order valence-electron chi connectivity index (χ3n) is 1.66. The first kappa shape index (κ1) is 13.3. The maximum atomic E-state index is 12.3. The number of carbonyl (C=O) groups excluding carboxylic acids is 1. The zero-order valence-corrected chi connectivity index (χ0v) is 8.95. The average molecular weight is 249 g/mol. The third-order valence-corrected chi connectivity index (χ3v) is 1.66. The molecule has 0 unspecified atom stereocenters. The Morgan fingerprint density at radius 1 is 1.41 bits per heavy atom. The number of ether oxygens (including phenoxy) is 2. The van der Waals surface area contributed by atoms with E-state index in [9.17, 15) is 18.0 Å². The summed E-state index contributed by atoms with van der Waals surface area (Å²) in [5.41, 5.74) is -1.07. The van der Waals surface area contributed by atoms with Gasteiger partial charge < -0.3 is 9.47 Å². The van der Waals surface area contributed by atoms with Crippen LogP contribution in [-0.4, -0.2) is 24.2 Å². The largest absolute Gasteiger partial charge is 0.466 e. The number of nitrogens with zero attached hydrogens (tertiary/aromatic N) is 1. The van der Waals surface area contributed by atoms with Gasteiger partial charge in [0.25, 0.3) is 0 Å². The lowest BCUT2D eigenvalue weighted by Crippen LogP contribution is -2.16. The van der Waals surface area contributed by atoms with E-state index in [0.29, 0.717) is 0 Å². The molecule has 94 valence electrons. The topological polar surface area (TPSA) is 48.4 Å². The molecule has 7 heteroatoms. The molecule has 0 amide bonds. The second-order valence-electron chi connectivity index (χ2n) is 2.95. The fourth-order valence-corrected chi connectivity index (χ4v) is 0.989. The van der Waals surface area contributed by atoms with Crippen molar-refractivity contribution in [2.45, 2.75) is 13.1 Å². The monoisotopic (exact) mass is 249 g/mol. The van der Waals surface area contributed by atoms with E-state index in [2.05, 4.69) is 9.72 Å². The predicted octanol–water partition coefficient (Wildman–Crippen LogP) is 2.04. The van der Waals surface area contributed by atoms with Crippen LogP contribution in [0.4, 0.5) is 13.2 Å². The van der Waals surface area contributed by atoms with Crippen LogP contribution in [-0.2, 0) is 15.7 Å². The predicted molar refractivity (Wildman–Crippen MR) is 51.4 cm³/mol. The number of pyridine rings is 1. The number of hydrogen-bond donors (Lipinski definition) is 0. The Balaban J connectivity index is 2.64. The molecule has 1 aromatic heterocycles. The third kappa shape index (κ3) is 4.29.